The van der Waals surface area contributed by atoms with E-state index in [-0.39, 0.29) is 3.62 Å². The molecule has 0 nitrogen and oxygen atoms in total. The second-order valence-electron chi connectivity index (χ2n) is 9.68. The maximum Gasteiger partial charge on any atom is 0.0920 e. The van der Waals surface area contributed by atoms with Gasteiger partial charge in [0.05, 0.1) is 24.2 Å². The zero-order valence-electron chi connectivity index (χ0n) is 18.6. The molecule has 0 aliphatic rings. The Morgan fingerprint density at radius 1 is 0.448 bits per heavy atom. The normalized spacial score (nSPS) is 13.3. The van der Waals surface area contributed by atoms with Crippen LogP contribution in [0.25, 0.3) is 0 Å². The fraction of sp³-hybridized carbons (Fsp3) is 0.280. The molecule has 3 aromatic rings. The van der Waals surface area contributed by atoms with Gasteiger partial charge in [0.2, 0.25) is 0 Å². The van der Waals surface area contributed by atoms with E-state index in [0.717, 1.165) is 0 Å². The van der Waals surface area contributed by atoms with Crippen molar-refractivity contribution in [2.75, 3.05) is 0 Å². The minimum Gasteiger partial charge on any atom is -0.181 e. The Morgan fingerprint density at radius 3 is 0.862 bits per heavy atom. The van der Waals surface area contributed by atoms with Crippen molar-refractivity contribution in [1.82, 2.24) is 0 Å². The van der Waals surface area contributed by atoms with Crippen molar-refractivity contribution in [3.63, 3.8) is 0 Å². The monoisotopic (exact) mass is 450 g/mol. The van der Waals surface area contributed by atoms with Gasteiger partial charge in [-0.15, -0.1) is 0 Å². The van der Waals surface area contributed by atoms with Crippen LogP contribution in [0.1, 0.15) is 0 Å². The van der Waals surface area contributed by atoms with Gasteiger partial charge >= 0.3 is 0 Å². The molecular weight excluding hydrogens is 417 g/mol. The quantitative estimate of drug-likeness (QED) is 0.391. The SMILES string of the molecule is C[Si](C)(c1ccccc1)C(S)([Si](C)(C)c1ccccc1)[Si](C)(C)c1ccccc1. The van der Waals surface area contributed by atoms with Gasteiger partial charge in [0.1, 0.15) is 0 Å². The molecule has 0 spiro atoms. The van der Waals surface area contributed by atoms with Crippen LogP contribution >= 0.6 is 12.6 Å². The average Bonchev–Trinajstić information content (AvgIpc) is 2.74. The molecule has 0 aliphatic carbocycles. The molecule has 3 aromatic carbocycles. The third-order valence-corrected chi connectivity index (χ3v) is 34.2. The van der Waals surface area contributed by atoms with E-state index < -0.39 is 24.2 Å². The molecule has 0 heterocycles. The van der Waals surface area contributed by atoms with Crippen molar-refractivity contribution in [1.29, 1.82) is 0 Å². The summed E-state index contributed by atoms with van der Waals surface area (Å²) < 4.78 is 0.0110. The number of rotatable bonds is 6. The molecule has 0 N–H and O–H groups in total. The Labute approximate surface area is 185 Å². The fourth-order valence-corrected chi connectivity index (χ4v) is 32.4. The van der Waals surface area contributed by atoms with E-state index in [1.807, 2.05) is 0 Å². The van der Waals surface area contributed by atoms with Gasteiger partial charge in [-0.05, 0) is 0 Å². The topological polar surface area (TPSA) is 0 Å². The summed E-state index contributed by atoms with van der Waals surface area (Å²) in [6, 6.07) is 33.7. The Balaban J connectivity index is 2.33. The minimum atomic E-state index is -1.98. The van der Waals surface area contributed by atoms with Crippen LogP contribution in [0.5, 0.6) is 0 Å². The highest BCUT2D eigenvalue weighted by atomic mass is 32.1. The molecule has 0 saturated carbocycles. The lowest BCUT2D eigenvalue weighted by molar-refractivity contribution is 1.33. The van der Waals surface area contributed by atoms with Crippen LogP contribution < -0.4 is 15.6 Å². The summed E-state index contributed by atoms with van der Waals surface area (Å²) in [6.45, 7) is 15.4. The number of hydrogen-bond acceptors (Lipinski definition) is 1. The van der Waals surface area contributed by atoms with Crippen LogP contribution in [0, 0.1) is 0 Å². The molecule has 0 atom stereocenters. The summed E-state index contributed by atoms with van der Waals surface area (Å²) in [6.07, 6.45) is 0. The van der Waals surface area contributed by atoms with Crippen molar-refractivity contribution in [3.05, 3.63) is 91.0 Å². The molecule has 3 rings (SSSR count). The van der Waals surface area contributed by atoms with Crippen LogP contribution in [0.4, 0.5) is 0 Å². The van der Waals surface area contributed by atoms with Gasteiger partial charge in [-0.3, -0.25) is 0 Å². The third-order valence-electron chi connectivity index (χ3n) is 7.20. The highest BCUT2D eigenvalue weighted by Gasteiger charge is 2.64. The Hall–Kier alpha value is -1.34. The second kappa shape index (κ2) is 8.06. The second-order valence-corrected chi connectivity index (χ2v) is 26.8. The molecule has 4 heteroatoms. The minimum absolute atomic E-state index is 0.0110. The van der Waals surface area contributed by atoms with Crippen LogP contribution in [0.3, 0.4) is 0 Å². The Bertz CT molecular complexity index is 810. The highest BCUT2D eigenvalue weighted by Crippen LogP contribution is 2.44. The summed E-state index contributed by atoms with van der Waals surface area (Å²) in [5.74, 6) is 0. The molecule has 0 bridgehead atoms. The lowest BCUT2D eigenvalue weighted by atomic mass is 10.4. The van der Waals surface area contributed by atoms with E-state index in [9.17, 15) is 0 Å². The standard InChI is InChI=1S/C25H34SSi3/c1-27(2,22-16-10-7-11-17-22)25(26,28(3,4)23-18-12-8-13-19-23)29(5,6)24-20-14-9-15-21-24/h7-21,26H,1-6H3. The lowest BCUT2D eigenvalue weighted by Gasteiger charge is -2.59. The third kappa shape index (κ3) is 3.54. The van der Waals surface area contributed by atoms with Crippen molar-refractivity contribution in [2.45, 2.75) is 42.9 Å². The van der Waals surface area contributed by atoms with E-state index in [1.165, 1.54) is 15.6 Å². The van der Waals surface area contributed by atoms with E-state index in [4.69, 9.17) is 12.6 Å². The van der Waals surface area contributed by atoms with Crippen LogP contribution in [0.2, 0.25) is 39.3 Å². The Morgan fingerprint density at radius 2 is 0.655 bits per heavy atom. The molecule has 0 radical (unpaired) electrons. The van der Waals surface area contributed by atoms with Gasteiger partial charge < -0.3 is 0 Å². The fourth-order valence-electron chi connectivity index (χ4n) is 5.53. The maximum absolute atomic E-state index is 5.88. The summed E-state index contributed by atoms with van der Waals surface area (Å²) in [7, 11) is -5.95. The van der Waals surface area contributed by atoms with Crippen molar-refractivity contribution in [2.24, 2.45) is 0 Å². The summed E-state index contributed by atoms with van der Waals surface area (Å²) in [4.78, 5) is 0. The maximum atomic E-state index is 5.88. The van der Waals surface area contributed by atoms with Gasteiger partial charge in [-0.25, -0.2) is 0 Å². The van der Waals surface area contributed by atoms with Gasteiger partial charge in [0.15, 0.2) is 0 Å². The smallest absolute Gasteiger partial charge is 0.0920 e. The molecule has 0 unspecified atom stereocenters. The molecule has 0 fully saturated rings. The Kier molecular flexibility index (Phi) is 6.21. The summed E-state index contributed by atoms with van der Waals surface area (Å²) >= 11 is 5.88. The van der Waals surface area contributed by atoms with Gasteiger partial charge in [-0.1, -0.05) is 146 Å². The van der Waals surface area contributed by atoms with Crippen LogP contribution in [0.15, 0.2) is 91.0 Å². The van der Waals surface area contributed by atoms with Crippen LogP contribution in [-0.2, 0) is 0 Å². The molecule has 0 amide bonds. The van der Waals surface area contributed by atoms with Gasteiger partial charge in [0.25, 0.3) is 0 Å². The predicted octanol–water partition coefficient (Wildman–Crippen LogP) is 5.12. The molecular formula is C25H34SSi3. The lowest BCUT2D eigenvalue weighted by Crippen LogP contribution is -2.85. The van der Waals surface area contributed by atoms with Crippen molar-refractivity contribution >= 4 is 52.4 Å². The first-order valence-corrected chi connectivity index (χ1v) is 19.9. The molecule has 152 valence electrons. The first kappa shape index (κ1) is 22.3. The highest BCUT2D eigenvalue weighted by molar-refractivity contribution is 7.91. The van der Waals surface area contributed by atoms with E-state index in [2.05, 4.69) is 130 Å². The largest absolute Gasteiger partial charge is 0.181 e. The zero-order chi connectivity index (χ0) is 21.3. The molecule has 0 aliphatic heterocycles. The van der Waals surface area contributed by atoms with Crippen molar-refractivity contribution in [3.8, 4) is 0 Å². The number of hydrogen-bond donors (Lipinski definition) is 1. The van der Waals surface area contributed by atoms with Crippen molar-refractivity contribution < 1.29 is 0 Å². The zero-order valence-corrected chi connectivity index (χ0v) is 22.5. The van der Waals surface area contributed by atoms with E-state index in [0.29, 0.717) is 0 Å². The molecule has 0 aromatic heterocycles. The summed E-state index contributed by atoms with van der Waals surface area (Å²) in [5.41, 5.74) is 0. The van der Waals surface area contributed by atoms with Crippen LogP contribution in [-0.4, -0.2) is 27.8 Å². The summed E-state index contributed by atoms with van der Waals surface area (Å²) in [5, 5.41) is 4.55. The van der Waals surface area contributed by atoms with Gasteiger partial charge in [-0.2, -0.15) is 12.6 Å². The average molecular weight is 451 g/mol. The van der Waals surface area contributed by atoms with Gasteiger partial charge in [0, 0.05) is 3.62 Å². The first-order chi connectivity index (χ1) is 13.6. The molecule has 29 heavy (non-hydrogen) atoms. The number of thiol groups is 1. The number of benzene rings is 3. The van der Waals surface area contributed by atoms with E-state index >= 15 is 0 Å². The molecule has 0 saturated heterocycles. The predicted molar refractivity (Wildman–Crippen MR) is 142 cm³/mol. The first-order valence-electron chi connectivity index (χ1n) is 10.5. The van der Waals surface area contributed by atoms with E-state index in [1.54, 1.807) is 0 Å².